The average molecular weight is 290 g/mol. The van der Waals surface area contributed by atoms with Crippen molar-refractivity contribution >= 4 is 5.91 Å². The van der Waals surface area contributed by atoms with Crippen LogP contribution in [0.25, 0.3) is 0 Å². The van der Waals surface area contributed by atoms with Gasteiger partial charge in [0, 0.05) is 26.2 Å². The summed E-state index contributed by atoms with van der Waals surface area (Å²) in [6.45, 7) is 3.39. The molecule has 1 aliphatic rings. The number of carbonyl (C=O) groups is 1. The van der Waals surface area contributed by atoms with Crippen molar-refractivity contribution in [1.29, 1.82) is 0 Å². The van der Waals surface area contributed by atoms with Crippen molar-refractivity contribution < 1.29 is 9.53 Å². The lowest BCUT2D eigenvalue weighted by Crippen LogP contribution is -2.39. The van der Waals surface area contributed by atoms with Crippen LogP contribution in [0.15, 0.2) is 30.3 Å². The Labute approximate surface area is 127 Å². The smallest absolute Gasteiger partial charge is 0.225 e. The lowest BCUT2D eigenvalue weighted by Gasteiger charge is -2.26. The van der Waals surface area contributed by atoms with Crippen molar-refractivity contribution in [2.45, 2.75) is 38.3 Å². The maximum Gasteiger partial charge on any atom is 0.225 e. The van der Waals surface area contributed by atoms with Crippen molar-refractivity contribution in [3.05, 3.63) is 35.9 Å². The first kappa shape index (κ1) is 16.0. The molecular weight excluding hydrogens is 264 g/mol. The van der Waals surface area contributed by atoms with Gasteiger partial charge in [0.1, 0.15) is 0 Å². The quantitative estimate of drug-likeness (QED) is 0.869. The Hall–Kier alpha value is -1.39. The molecule has 1 heterocycles. The molecule has 1 amide bonds. The zero-order chi connectivity index (χ0) is 15.2. The van der Waals surface area contributed by atoms with Gasteiger partial charge in [-0.25, -0.2) is 0 Å². The van der Waals surface area contributed by atoms with Gasteiger partial charge in [-0.15, -0.1) is 0 Å². The maximum absolute atomic E-state index is 12.4. The molecule has 4 nitrogen and oxygen atoms in total. The topological polar surface area (TPSA) is 55.6 Å². The van der Waals surface area contributed by atoms with Gasteiger partial charge in [0.05, 0.1) is 12.5 Å². The number of benzene rings is 1. The van der Waals surface area contributed by atoms with Crippen LogP contribution in [0.4, 0.5) is 0 Å². The third-order valence-corrected chi connectivity index (χ3v) is 4.57. The Morgan fingerprint density at radius 3 is 2.76 bits per heavy atom. The molecule has 1 aromatic rings. The highest BCUT2D eigenvalue weighted by atomic mass is 16.5. The first-order chi connectivity index (χ1) is 10.2. The summed E-state index contributed by atoms with van der Waals surface area (Å²) in [5.41, 5.74) is 6.95. The van der Waals surface area contributed by atoms with Gasteiger partial charge < -0.3 is 15.4 Å². The van der Waals surface area contributed by atoms with Gasteiger partial charge >= 0.3 is 0 Å². The second kappa shape index (κ2) is 7.57. The number of nitrogens with two attached hydrogens (primary N) is 1. The highest BCUT2D eigenvalue weighted by Crippen LogP contribution is 2.28. The molecule has 1 fully saturated rings. The fraction of sp³-hybridized carbons (Fsp3) is 0.588. The largest absolute Gasteiger partial charge is 0.380 e. The monoisotopic (exact) mass is 290 g/mol. The summed E-state index contributed by atoms with van der Waals surface area (Å²) in [4.78, 5) is 14.4. The van der Waals surface area contributed by atoms with Crippen LogP contribution in [-0.2, 0) is 16.0 Å². The summed E-state index contributed by atoms with van der Waals surface area (Å²) in [7, 11) is 1.61. The van der Waals surface area contributed by atoms with Gasteiger partial charge in [0.2, 0.25) is 5.91 Å². The standard InChI is InChI=1S/C17H26N2O2/c1-13-15(10-14-6-4-3-5-7-14)8-9-19(13)17(20)11-16(12-18)21-2/h3-7,13,15-16H,8-12,18H2,1-2H3. The van der Waals surface area contributed by atoms with E-state index in [1.54, 1.807) is 7.11 Å². The SMILES string of the molecule is COC(CN)CC(=O)N1CCC(Cc2ccccc2)C1C. The maximum atomic E-state index is 12.4. The summed E-state index contributed by atoms with van der Waals surface area (Å²) in [6, 6.07) is 10.8. The van der Waals surface area contributed by atoms with E-state index >= 15 is 0 Å². The van der Waals surface area contributed by atoms with Crippen molar-refractivity contribution in [2.75, 3.05) is 20.2 Å². The first-order valence-corrected chi connectivity index (χ1v) is 7.72. The third-order valence-electron chi connectivity index (χ3n) is 4.57. The number of methoxy groups -OCH3 is 1. The Morgan fingerprint density at radius 2 is 2.14 bits per heavy atom. The van der Waals surface area contributed by atoms with E-state index in [0.717, 1.165) is 19.4 Å². The van der Waals surface area contributed by atoms with Gasteiger partial charge in [-0.3, -0.25) is 4.79 Å². The van der Waals surface area contributed by atoms with Crippen LogP contribution in [0, 0.1) is 5.92 Å². The van der Waals surface area contributed by atoms with E-state index in [1.807, 2.05) is 11.0 Å². The van der Waals surface area contributed by atoms with E-state index in [2.05, 4.69) is 31.2 Å². The number of nitrogens with zero attached hydrogens (tertiary/aromatic N) is 1. The fourth-order valence-corrected chi connectivity index (χ4v) is 3.12. The summed E-state index contributed by atoms with van der Waals surface area (Å²) in [6.07, 6.45) is 2.33. The van der Waals surface area contributed by atoms with E-state index in [1.165, 1.54) is 5.56 Å². The molecule has 1 aromatic carbocycles. The number of ether oxygens (including phenoxy) is 1. The molecule has 0 radical (unpaired) electrons. The van der Waals surface area contributed by atoms with Gasteiger partial charge in [-0.05, 0) is 31.2 Å². The molecule has 116 valence electrons. The van der Waals surface area contributed by atoms with Crippen molar-refractivity contribution in [3.8, 4) is 0 Å². The van der Waals surface area contributed by atoms with Crippen LogP contribution in [0.3, 0.4) is 0 Å². The van der Waals surface area contributed by atoms with E-state index in [9.17, 15) is 4.79 Å². The number of carbonyl (C=O) groups excluding carboxylic acids is 1. The molecule has 0 aliphatic carbocycles. The molecule has 1 saturated heterocycles. The molecule has 4 heteroatoms. The molecule has 0 bridgehead atoms. The van der Waals surface area contributed by atoms with Crippen LogP contribution < -0.4 is 5.73 Å². The molecule has 0 spiro atoms. The average Bonchev–Trinajstić information content (AvgIpc) is 2.87. The highest BCUT2D eigenvalue weighted by Gasteiger charge is 2.34. The molecule has 0 saturated carbocycles. The second-order valence-corrected chi connectivity index (χ2v) is 5.86. The van der Waals surface area contributed by atoms with Crippen molar-refractivity contribution in [2.24, 2.45) is 11.7 Å². The molecule has 3 atom stereocenters. The number of hydrogen-bond donors (Lipinski definition) is 1. The summed E-state index contributed by atoms with van der Waals surface area (Å²) in [5, 5.41) is 0. The second-order valence-electron chi connectivity index (χ2n) is 5.86. The lowest BCUT2D eigenvalue weighted by atomic mass is 9.93. The molecule has 3 unspecified atom stereocenters. The summed E-state index contributed by atoms with van der Waals surface area (Å²) < 4.78 is 5.21. The van der Waals surface area contributed by atoms with E-state index in [4.69, 9.17) is 10.5 Å². The Bertz CT molecular complexity index is 445. The van der Waals surface area contributed by atoms with Crippen molar-refractivity contribution in [3.63, 3.8) is 0 Å². The normalized spacial score (nSPS) is 23.3. The number of rotatable bonds is 6. The number of hydrogen-bond acceptors (Lipinski definition) is 3. The molecule has 2 N–H and O–H groups in total. The zero-order valence-electron chi connectivity index (χ0n) is 13.0. The Morgan fingerprint density at radius 1 is 1.43 bits per heavy atom. The Balaban J connectivity index is 1.91. The predicted octanol–water partition coefficient (Wildman–Crippen LogP) is 1.83. The summed E-state index contributed by atoms with van der Waals surface area (Å²) >= 11 is 0. The van der Waals surface area contributed by atoms with E-state index in [0.29, 0.717) is 18.9 Å². The minimum absolute atomic E-state index is 0.162. The van der Waals surface area contributed by atoms with Gasteiger partial charge in [0.25, 0.3) is 0 Å². The minimum atomic E-state index is -0.169. The first-order valence-electron chi connectivity index (χ1n) is 7.72. The van der Waals surface area contributed by atoms with Gasteiger partial charge in [-0.1, -0.05) is 30.3 Å². The van der Waals surface area contributed by atoms with E-state index < -0.39 is 0 Å². The van der Waals surface area contributed by atoms with Gasteiger partial charge in [0.15, 0.2) is 0 Å². The van der Waals surface area contributed by atoms with Gasteiger partial charge in [-0.2, -0.15) is 0 Å². The lowest BCUT2D eigenvalue weighted by molar-refractivity contribution is -0.134. The molecule has 1 aliphatic heterocycles. The van der Waals surface area contributed by atoms with Crippen LogP contribution in [0.5, 0.6) is 0 Å². The van der Waals surface area contributed by atoms with Crippen LogP contribution in [0.1, 0.15) is 25.3 Å². The molecule has 2 rings (SSSR count). The predicted molar refractivity (Wildman–Crippen MR) is 83.9 cm³/mol. The third kappa shape index (κ3) is 4.05. The zero-order valence-corrected chi connectivity index (χ0v) is 13.0. The molecule has 0 aromatic heterocycles. The molecular formula is C17H26N2O2. The number of likely N-dealkylation sites (tertiary alicyclic amines) is 1. The van der Waals surface area contributed by atoms with Crippen LogP contribution >= 0.6 is 0 Å². The van der Waals surface area contributed by atoms with Crippen LogP contribution in [-0.4, -0.2) is 43.2 Å². The number of amides is 1. The molecule has 21 heavy (non-hydrogen) atoms. The Kier molecular flexibility index (Phi) is 5.76. The van der Waals surface area contributed by atoms with E-state index in [-0.39, 0.29) is 18.1 Å². The fourth-order valence-electron chi connectivity index (χ4n) is 3.12. The highest BCUT2D eigenvalue weighted by molar-refractivity contribution is 5.77. The van der Waals surface area contributed by atoms with Crippen LogP contribution in [0.2, 0.25) is 0 Å². The summed E-state index contributed by atoms with van der Waals surface area (Å²) in [5.74, 6) is 0.700. The minimum Gasteiger partial charge on any atom is -0.380 e. The van der Waals surface area contributed by atoms with Crippen molar-refractivity contribution in [1.82, 2.24) is 4.90 Å².